The van der Waals surface area contributed by atoms with Gasteiger partial charge in [0.1, 0.15) is 0 Å². The third kappa shape index (κ3) is 30.6. The monoisotopic (exact) mass is 582 g/mol. The minimum absolute atomic E-state index is 0.154. The van der Waals surface area contributed by atoms with Gasteiger partial charge in [0.2, 0.25) is 5.91 Å². The summed E-state index contributed by atoms with van der Waals surface area (Å²) in [7, 11) is 0. The zero-order chi connectivity index (χ0) is 30.1. The van der Waals surface area contributed by atoms with Gasteiger partial charge in [0.25, 0.3) is 0 Å². The minimum Gasteiger partial charge on any atom is -0.394 e. The van der Waals surface area contributed by atoms with Crippen molar-refractivity contribution < 1.29 is 15.0 Å². The molecule has 0 aromatic carbocycles. The number of carbonyl (C=O) groups is 1. The van der Waals surface area contributed by atoms with E-state index < -0.39 is 6.10 Å². The second-order valence-electron chi connectivity index (χ2n) is 13.0. The van der Waals surface area contributed by atoms with E-state index in [0.29, 0.717) is 13.0 Å². The summed E-state index contributed by atoms with van der Waals surface area (Å²) in [4.78, 5) is 14.6. The SMILES string of the molecule is CCCCCCCCCCCCCCCCCCN(CC(O)CO)C(=O)CCCCCCCCCCCCCCC. The van der Waals surface area contributed by atoms with Gasteiger partial charge in [-0.1, -0.05) is 187 Å². The van der Waals surface area contributed by atoms with Crippen molar-refractivity contribution in [1.82, 2.24) is 4.90 Å². The fourth-order valence-electron chi connectivity index (χ4n) is 5.93. The Bertz CT molecular complexity index is 512. The fourth-order valence-corrected chi connectivity index (χ4v) is 5.93. The van der Waals surface area contributed by atoms with E-state index >= 15 is 0 Å². The molecule has 0 saturated heterocycles. The molecular weight excluding hydrogens is 506 g/mol. The first-order valence-corrected chi connectivity index (χ1v) is 18.7. The highest BCUT2D eigenvalue weighted by Gasteiger charge is 2.16. The van der Waals surface area contributed by atoms with Crippen molar-refractivity contribution >= 4 is 5.91 Å². The molecule has 1 atom stereocenters. The summed E-state index contributed by atoms with van der Waals surface area (Å²) in [6, 6.07) is 0. The van der Waals surface area contributed by atoms with Crippen molar-refractivity contribution in [2.45, 2.75) is 213 Å². The number of nitrogens with zero attached hydrogens (tertiary/aromatic N) is 1. The van der Waals surface area contributed by atoms with Gasteiger partial charge in [-0.05, 0) is 12.8 Å². The Morgan fingerprint density at radius 3 is 1.10 bits per heavy atom. The number of unbranched alkanes of at least 4 members (excludes halogenated alkanes) is 27. The van der Waals surface area contributed by atoms with E-state index in [0.717, 1.165) is 25.7 Å². The zero-order valence-corrected chi connectivity index (χ0v) is 28.2. The van der Waals surface area contributed by atoms with Crippen molar-refractivity contribution in [3.63, 3.8) is 0 Å². The van der Waals surface area contributed by atoms with Gasteiger partial charge in [-0.15, -0.1) is 0 Å². The maximum absolute atomic E-state index is 12.8. The summed E-state index contributed by atoms with van der Waals surface area (Å²) in [6.07, 6.45) is 38.2. The highest BCUT2D eigenvalue weighted by Crippen LogP contribution is 2.16. The lowest BCUT2D eigenvalue weighted by Gasteiger charge is -2.25. The van der Waals surface area contributed by atoms with Gasteiger partial charge in [0, 0.05) is 19.5 Å². The molecule has 0 bridgehead atoms. The molecule has 41 heavy (non-hydrogen) atoms. The Labute approximate surface area is 257 Å². The molecule has 4 nitrogen and oxygen atoms in total. The average Bonchev–Trinajstić information content (AvgIpc) is 2.98. The van der Waals surface area contributed by atoms with Crippen LogP contribution in [0.15, 0.2) is 0 Å². The molecule has 0 aliphatic heterocycles. The van der Waals surface area contributed by atoms with E-state index in [1.807, 2.05) is 4.90 Å². The van der Waals surface area contributed by atoms with Crippen molar-refractivity contribution in [1.29, 1.82) is 0 Å². The van der Waals surface area contributed by atoms with Crippen LogP contribution < -0.4 is 0 Å². The highest BCUT2D eigenvalue weighted by molar-refractivity contribution is 5.76. The Morgan fingerprint density at radius 2 is 0.780 bits per heavy atom. The largest absolute Gasteiger partial charge is 0.394 e. The molecule has 0 aromatic heterocycles. The molecular formula is C37H75NO3. The highest BCUT2D eigenvalue weighted by atomic mass is 16.3. The number of aliphatic hydroxyl groups excluding tert-OH is 2. The molecule has 0 aliphatic carbocycles. The van der Waals surface area contributed by atoms with Crippen LogP contribution in [0.2, 0.25) is 0 Å². The molecule has 0 aliphatic rings. The summed E-state index contributed by atoms with van der Waals surface area (Å²) in [6.45, 7) is 5.27. The van der Waals surface area contributed by atoms with Crippen LogP contribution in [0.3, 0.4) is 0 Å². The first kappa shape index (κ1) is 40.4. The Kier molecular flexibility index (Phi) is 33.4. The molecule has 0 rings (SSSR count). The standard InChI is InChI=1S/C37H75NO3/c1-3-5-7-9-11-13-15-17-18-19-21-23-25-27-29-31-33-38(34-36(40)35-39)37(41)32-30-28-26-24-22-20-16-14-12-10-8-6-4-2/h36,39-40H,3-35H2,1-2H3. The summed E-state index contributed by atoms with van der Waals surface area (Å²) >= 11 is 0. The van der Waals surface area contributed by atoms with Crippen LogP contribution in [0, 0.1) is 0 Å². The van der Waals surface area contributed by atoms with E-state index in [1.54, 1.807) is 0 Å². The van der Waals surface area contributed by atoms with Gasteiger partial charge in [-0.25, -0.2) is 0 Å². The summed E-state index contributed by atoms with van der Waals surface area (Å²) in [5.41, 5.74) is 0. The van der Waals surface area contributed by atoms with Crippen LogP contribution in [0.4, 0.5) is 0 Å². The van der Waals surface area contributed by atoms with Gasteiger partial charge in [0.15, 0.2) is 0 Å². The van der Waals surface area contributed by atoms with E-state index in [2.05, 4.69) is 13.8 Å². The first-order chi connectivity index (χ1) is 20.2. The first-order valence-electron chi connectivity index (χ1n) is 18.7. The fraction of sp³-hybridized carbons (Fsp3) is 0.973. The van der Waals surface area contributed by atoms with Crippen molar-refractivity contribution in [3.8, 4) is 0 Å². The molecule has 1 unspecified atom stereocenters. The molecule has 0 fully saturated rings. The Morgan fingerprint density at radius 1 is 0.488 bits per heavy atom. The normalized spacial score (nSPS) is 12.2. The maximum atomic E-state index is 12.8. The Hall–Kier alpha value is -0.610. The quantitative estimate of drug-likeness (QED) is 0.0743. The molecule has 1 amide bonds. The number of amides is 1. The van der Waals surface area contributed by atoms with Gasteiger partial charge in [-0.3, -0.25) is 4.79 Å². The third-order valence-electron chi connectivity index (χ3n) is 8.77. The Balaban J connectivity index is 3.72. The lowest BCUT2D eigenvalue weighted by Crippen LogP contribution is -2.39. The number of hydrogen-bond acceptors (Lipinski definition) is 3. The molecule has 2 N–H and O–H groups in total. The maximum Gasteiger partial charge on any atom is 0.222 e. The molecule has 0 aromatic rings. The van der Waals surface area contributed by atoms with Crippen LogP contribution in [-0.2, 0) is 4.79 Å². The second kappa shape index (κ2) is 33.9. The number of carbonyl (C=O) groups excluding carboxylic acids is 1. The van der Waals surface area contributed by atoms with Crippen molar-refractivity contribution in [2.75, 3.05) is 19.7 Å². The molecule has 0 radical (unpaired) electrons. The van der Waals surface area contributed by atoms with E-state index in [4.69, 9.17) is 0 Å². The lowest BCUT2D eigenvalue weighted by molar-refractivity contribution is -0.133. The van der Waals surface area contributed by atoms with Gasteiger partial charge in [-0.2, -0.15) is 0 Å². The van der Waals surface area contributed by atoms with Crippen LogP contribution in [0.25, 0.3) is 0 Å². The van der Waals surface area contributed by atoms with E-state index in [-0.39, 0.29) is 19.1 Å². The molecule has 4 heteroatoms. The molecule has 246 valence electrons. The second-order valence-corrected chi connectivity index (χ2v) is 13.0. The molecule has 0 heterocycles. The number of hydrogen-bond donors (Lipinski definition) is 2. The summed E-state index contributed by atoms with van der Waals surface area (Å²) < 4.78 is 0. The summed E-state index contributed by atoms with van der Waals surface area (Å²) in [5.74, 6) is 0.154. The van der Waals surface area contributed by atoms with Crippen molar-refractivity contribution in [3.05, 3.63) is 0 Å². The predicted octanol–water partition coefficient (Wildman–Crippen LogP) is 10.9. The topological polar surface area (TPSA) is 60.8 Å². The van der Waals surface area contributed by atoms with Crippen molar-refractivity contribution in [2.24, 2.45) is 0 Å². The smallest absolute Gasteiger partial charge is 0.222 e. The van der Waals surface area contributed by atoms with Crippen LogP contribution in [0.1, 0.15) is 206 Å². The van der Waals surface area contributed by atoms with Crippen LogP contribution >= 0.6 is 0 Å². The number of aliphatic hydroxyl groups is 2. The lowest BCUT2D eigenvalue weighted by atomic mass is 10.0. The average molecular weight is 582 g/mol. The summed E-state index contributed by atoms with van der Waals surface area (Å²) in [5, 5.41) is 19.2. The van der Waals surface area contributed by atoms with E-state index in [9.17, 15) is 15.0 Å². The third-order valence-corrected chi connectivity index (χ3v) is 8.77. The van der Waals surface area contributed by atoms with Gasteiger partial charge >= 0.3 is 0 Å². The zero-order valence-electron chi connectivity index (χ0n) is 28.2. The molecule has 0 spiro atoms. The molecule has 0 saturated carbocycles. The minimum atomic E-state index is -0.827. The predicted molar refractivity (Wildman–Crippen MR) is 180 cm³/mol. The number of rotatable bonds is 34. The van der Waals surface area contributed by atoms with Gasteiger partial charge in [0.05, 0.1) is 12.7 Å². The van der Waals surface area contributed by atoms with Crippen LogP contribution in [-0.4, -0.2) is 46.8 Å². The van der Waals surface area contributed by atoms with Gasteiger partial charge < -0.3 is 15.1 Å². The van der Waals surface area contributed by atoms with E-state index in [1.165, 1.54) is 161 Å². The van der Waals surface area contributed by atoms with Crippen LogP contribution in [0.5, 0.6) is 0 Å².